The molecule has 1 unspecified atom stereocenters. The molecular weight excluding hydrogens is 324 g/mol. The molecule has 0 aromatic heterocycles. The Morgan fingerprint density at radius 3 is 2.40 bits per heavy atom. The zero-order valence-corrected chi connectivity index (χ0v) is 12.8. The number of rotatable bonds is 4. The van der Waals surface area contributed by atoms with E-state index in [1.54, 1.807) is 36.2 Å². The van der Waals surface area contributed by atoms with Crippen LogP contribution in [0.2, 0.25) is 0 Å². The number of carbonyl (C=O) groups excluding carboxylic acids is 1. The van der Waals surface area contributed by atoms with Gasteiger partial charge in [-0.05, 0) is 37.0 Å². The first-order valence-electron chi connectivity index (χ1n) is 6.50. The first-order valence-corrected chi connectivity index (χ1v) is 7.30. The lowest BCUT2D eigenvalue weighted by Crippen LogP contribution is -2.47. The van der Waals surface area contributed by atoms with Crippen LogP contribution in [0.4, 0.5) is 4.79 Å². The SMILES string of the molecule is CN(C(=O)C(NC(=O)O)c1ccc(Br)cc1)C1CCC1. The van der Waals surface area contributed by atoms with E-state index in [1.165, 1.54) is 0 Å². The fourth-order valence-corrected chi connectivity index (χ4v) is 2.49. The van der Waals surface area contributed by atoms with Crippen molar-refractivity contribution in [3.8, 4) is 0 Å². The van der Waals surface area contributed by atoms with Gasteiger partial charge in [-0.3, -0.25) is 4.79 Å². The predicted octanol–water partition coefficient (Wildman–Crippen LogP) is 2.77. The van der Waals surface area contributed by atoms with Crippen molar-refractivity contribution in [2.45, 2.75) is 31.3 Å². The van der Waals surface area contributed by atoms with Gasteiger partial charge in [-0.15, -0.1) is 0 Å². The summed E-state index contributed by atoms with van der Waals surface area (Å²) in [6.45, 7) is 0. The van der Waals surface area contributed by atoms with E-state index in [1.807, 2.05) is 0 Å². The van der Waals surface area contributed by atoms with Crippen molar-refractivity contribution in [1.82, 2.24) is 10.2 Å². The summed E-state index contributed by atoms with van der Waals surface area (Å²) < 4.78 is 0.884. The molecule has 1 aromatic carbocycles. The highest BCUT2D eigenvalue weighted by Gasteiger charge is 2.31. The Morgan fingerprint density at radius 2 is 1.95 bits per heavy atom. The zero-order chi connectivity index (χ0) is 14.7. The molecule has 0 heterocycles. The first kappa shape index (κ1) is 14.8. The van der Waals surface area contributed by atoms with E-state index in [0.29, 0.717) is 5.56 Å². The van der Waals surface area contributed by atoms with Crippen molar-refractivity contribution in [2.75, 3.05) is 7.05 Å². The summed E-state index contributed by atoms with van der Waals surface area (Å²) in [5.74, 6) is -0.209. The van der Waals surface area contributed by atoms with Gasteiger partial charge < -0.3 is 15.3 Å². The van der Waals surface area contributed by atoms with E-state index < -0.39 is 12.1 Å². The van der Waals surface area contributed by atoms with Crippen molar-refractivity contribution in [1.29, 1.82) is 0 Å². The number of carboxylic acid groups (broad SMARTS) is 1. The third-order valence-corrected chi connectivity index (χ3v) is 4.22. The van der Waals surface area contributed by atoms with Crippen LogP contribution < -0.4 is 5.32 Å². The van der Waals surface area contributed by atoms with Gasteiger partial charge >= 0.3 is 6.09 Å². The van der Waals surface area contributed by atoms with E-state index in [-0.39, 0.29) is 11.9 Å². The van der Waals surface area contributed by atoms with Crippen LogP contribution in [0, 0.1) is 0 Å². The summed E-state index contributed by atoms with van der Waals surface area (Å²) in [6.07, 6.45) is 1.90. The van der Waals surface area contributed by atoms with Gasteiger partial charge in [0.25, 0.3) is 0 Å². The number of nitrogens with one attached hydrogen (secondary N) is 1. The molecule has 1 fully saturated rings. The third kappa shape index (κ3) is 3.30. The van der Waals surface area contributed by atoms with E-state index >= 15 is 0 Å². The molecule has 2 rings (SSSR count). The maximum absolute atomic E-state index is 12.5. The molecular formula is C14H17BrN2O3. The zero-order valence-electron chi connectivity index (χ0n) is 11.2. The van der Waals surface area contributed by atoms with Gasteiger partial charge in [0, 0.05) is 17.6 Å². The Bertz CT molecular complexity index is 500. The molecule has 5 nitrogen and oxygen atoms in total. The van der Waals surface area contributed by atoms with Crippen LogP contribution in [-0.2, 0) is 4.79 Å². The maximum Gasteiger partial charge on any atom is 0.405 e. The topological polar surface area (TPSA) is 69.6 Å². The lowest BCUT2D eigenvalue weighted by Gasteiger charge is -2.36. The summed E-state index contributed by atoms with van der Waals surface area (Å²) in [5, 5.41) is 11.3. The Hall–Kier alpha value is -1.56. The van der Waals surface area contributed by atoms with Crippen molar-refractivity contribution in [3.05, 3.63) is 34.3 Å². The van der Waals surface area contributed by atoms with Gasteiger partial charge in [-0.2, -0.15) is 0 Å². The molecule has 1 aliphatic rings. The van der Waals surface area contributed by atoms with E-state index in [4.69, 9.17) is 5.11 Å². The van der Waals surface area contributed by atoms with Crippen LogP contribution in [0.15, 0.2) is 28.7 Å². The minimum atomic E-state index is -1.20. The fraction of sp³-hybridized carbons (Fsp3) is 0.429. The maximum atomic E-state index is 12.5. The Balaban J connectivity index is 2.19. The molecule has 1 atom stereocenters. The second-order valence-electron chi connectivity index (χ2n) is 4.97. The molecule has 1 aromatic rings. The molecule has 1 saturated carbocycles. The standard InChI is InChI=1S/C14H17BrN2O3/c1-17(11-3-2-4-11)13(18)12(16-14(19)20)9-5-7-10(15)8-6-9/h5-8,11-12,16H,2-4H2,1H3,(H,19,20). The highest BCUT2D eigenvalue weighted by atomic mass is 79.9. The van der Waals surface area contributed by atoms with Gasteiger partial charge in [0.2, 0.25) is 5.91 Å². The lowest BCUT2D eigenvalue weighted by atomic mass is 9.91. The summed E-state index contributed by atoms with van der Waals surface area (Å²) in [7, 11) is 1.74. The summed E-state index contributed by atoms with van der Waals surface area (Å²) in [5.41, 5.74) is 0.645. The molecule has 108 valence electrons. The second kappa shape index (κ2) is 6.26. The van der Waals surface area contributed by atoms with Gasteiger partial charge in [-0.25, -0.2) is 4.79 Å². The van der Waals surface area contributed by atoms with Crippen LogP contribution in [0.25, 0.3) is 0 Å². The summed E-state index contributed by atoms with van der Waals surface area (Å²) in [6, 6.07) is 6.46. The fourth-order valence-electron chi connectivity index (χ4n) is 2.22. The molecule has 0 aliphatic heterocycles. The normalized spacial score (nSPS) is 16.1. The molecule has 20 heavy (non-hydrogen) atoms. The quantitative estimate of drug-likeness (QED) is 0.885. The summed E-state index contributed by atoms with van der Waals surface area (Å²) in [4.78, 5) is 25.1. The van der Waals surface area contributed by atoms with E-state index in [0.717, 1.165) is 23.7 Å². The number of amides is 2. The molecule has 0 spiro atoms. The highest BCUT2D eigenvalue weighted by molar-refractivity contribution is 9.10. The highest BCUT2D eigenvalue weighted by Crippen LogP contribution is 2.27. The van der Waals surface area contributed by atoms with Crippen LogP contribution in [-0.4, -0.2) is 35.1 Å². The van der Waals surface area contributed by atoms with Crippen molar-refractivity contribution < 1.29 is 14.7 Å². The first-order chi connectivity index (χ1) is 9.49. The molecule has 0 saturated heterocycles. The van der Waals surface area contributed by atoms with E-state index in [2.05, 4.69) is 21.2 Å². The van der Waals surface area contributed by atoms with Gasteiger partial charge in [0.05, 0.1) is 0 Å². The van der Waals surface area contributed by atoms with Gasteiger partial charge in [0.1, 0.15) is 6.04 Å². The van der Waals surface area contributed by atoms with Crippen molar-refractivity contribution in [3.63, 3.8) is 0 Å². The number of benzene rings is 1. The number of halogens is 1. The number of nitrogens with zero attached hydrogens (tertiary/aromatic N) is 1. The predicted molar refractivity (Wildman–Crippen MR) is 78.5 cm³/mol. The smallest absolute Gasteiger partial charge is 0.405 e. The lowest BCUT2D eigenvalue weighted by molar-refractivity contribution is -0.135. The number of hydrogen-bond donors (Lipinski definition) is 2. The minimum absolute atomic E-state index is 0.209. The molecule has 1 aliphatic carbocycles. The molecule has 2 amide bonds. The summed E-state index contributed by atoms with van der Waals surface area (Å²) >= 11 is 3.32. The molecule has 0 bridgehead atoms. The number of likely N-dealkylation sites (N-methyl/N-ethyl adjacent to an activating group) is 1. The molecule has 6 heteroatoms. The monoisotopic (exact) mass is 340 g/mol. The van der Waals surface area contributed by atoms with Crippen LogP contribution in [0.1, 0.15) is 30.9 Å². The van der Waals surface area contributed by atoms with E-state index in [9.17, 15) is 9.59 Å². The van der Waals surface area contributed by atoms with Crippen LogP contribution in [0.5, 0.6) is 0 Å². The van der Waals surface area contributed by atoms with Crippen molar-refractivity contribution >= 4 is 27.9 Å². The third-order valence-electron chi connectivity index (χ3n) is 3.69. The minimum Gasteiger partial charge on any atom is -0.465 e. The Morgan fingerprint density at radius 1 is 1.35 bits per heavy atom. The molecule has 0 radical (unpaired) electrons. The molecule has 2 N–H and O–H groups in total. The Labute approximate surface area is 126 Å². The van der Waals surface area contributed by atoms with Gasteiger partial charge in [-0.1, -0.05) is 28.1 Å². The average molecular weight is 341 g/mol. The number of hydrogen-bond acceptors (Lipinski definition) is 2. The van der Waals surface area contributed by atoms with Crippen LogP contribution in [0.3, 0.4) is 0 Å². The largest absolute Gasteiger partial charge is 0.465 e. The average Bonchev–Trinajstić information content (AvgIpc) is 2.34. The van der Waals surface area contributed by atoms with Gasteiger partial charge in [0.15, 0.2) is 0 Å². The van der Waals surface area contributed by atoms with Crippen LogP contribution >= 0.6 is 15.9 Å². The number of carbonyl (C=O) groups is 2. The second-order valence-corrected chi connectivity index (χ2v) is 5.88. The Kier molecular flexibility index (Phi) is 4.65. The van der Waals surface area contributed by atoms with Crippen molar-refractivity contribution in [2.24, 2.45) is 0 Å².